The third kappa shape index (κ3) is 67.7. The summed E-state index contributed by atoms with van der Waals surface area (Å²) in [5.74, 6) is -0.806. The molecule has 0 aliphatic carbocycles. The minimum atomic E-state index is -4.63. The van der Waals surface area contributed by atoms with Crippen molar-refractivity contribution in [3.63, 3.8) is 0 Å². The summed E-state index contributed by atoms with van der Waals surface area (Å²) >= 11 is 0. The van der Waals surface area contributed by atoms with Gasteiger partial charge in [0, 0.05) is 12.8 Å². The van der Waals surface area contributed by atoms with E-state index in [1.807, 2.05) is 21.1 Å². The molecule has 0 rings (SSSR count). The van der Waals surface area contributed by atoms with Crippen LogP contribution in [0.2, 0.25) is 0 Å². The fourth-order valence-electron chi connectivity index (χ4n) is 11.0. The number of ether oxygens (including phenoxy) is 2. The number of carbonyl (C=O) groups is 2. The number of esters is 2. The molecule has 0 spiro atoms. The van der Waals surface area contributed by atoms with Gasteiger partial charge in [-0.25, -0.2) is 0 Å². The molecule has 0 bridgehead atoms. The van der Waals surface area contributed by atoms with Crippen LogP contribution >= 0.6 is 7.82 Å². The number of unbranched alkanes of at least 4 members (excludes halogenated alkanes) is 52. The van der Waals surface area contributed by atoms with Gasteiger partial charge in [-0.05, 0) is 38.5 Å². The normalized spacial score (nSPS) is 13.1. The number of hydrogen-bond donors (Lipinski definition) is 0. The van der Waals surface area contributed by atoms with E-state index in [0.717, 1.165) is 32.1 Å². The first-order valence-corrected chi connectivity index (χ1v) is 37.4. The molecule has 2 unspecified atom stereocenters. The second-order valence-corrected chi connectivity index (χ2v) is 27.4. The zero-order valence-electron chi connectivity index (χ0n) is 55.0. The molecule has 81 heavy (non-hydrogen) atoms. The molecule has 0 amide bonds. The van der Waals surface area contributed by atoms with Gasteiger partial charge in [0.15, 0.2) is 6.10 Å². The quantitative estimate of drug-likeness (QED) is 0.0195. The van der Waals surface area contributed by atoms with Crippen LogP contribution in [-0.4, -0.2) is 70.0 Å². The molecule has 0 aliphatic rings. The van der Waals surface area contributed by atoms with E-state index in [2.05, 4.69) is 26.0 Å². The molecule has 0 fully saturated rings. The number of rotatable bonds is 68. The molecule has 10 heteroatoms. The molecule has 0 saturated carbocycles. The third-order valence-corrected chi connectivity index (χ3v) is 17.5. The average Bonchev–Trinajstić information content (AvgIpc) is 3.43. The van der Waals surface area contributed by atoms with Gasteiger partial charge in [-0.3, -0.25) is 14.2 Å². The Morgan fingerprint density at radius 1 is 0.370 bits per heavy atom. The van der Waals surface area contributed by atoms with Gasteiger partial charge < -0.3 is 27.9 Å². The maximum atomic E-state index is 12.9. The summed E-state index contributed by atoms with van der Waals surface area (Å²) in [5.41, 5.74) is 0. The minimum absolute atomic E-state index is 0.0256. The first-order chi connectivity index (χ1) is 39.5. The summed E-state index contributed by atoms with van der Waals surface area (Å²) in [6.07, 6.45) is 77.4. The van der Waals surface area contributed by atoms with Crippen molar-refractivity contribution in [1.82, 2.24) is 0 Å². The summed E-state index contributed by atoms with van der Waals surface area (Å²) in [7, 11) is 1.19. The van der Waals surface area contributed by atoms with E-state index in [1.54, 1.807) is 0 Å². The molecule has 0 saturated heterocycles. The fourth-order valence-corrected chi connectivity index (χ4v) is 11.7. The second-order valence-electron chi connectivity index (χ2n) is 26.0. The van der Waals surface area contributed by atoms with Gasteiger partial charge in [0.2, 0.25) is 0 Å². The number of nitrogens with zero attached hydrogens (tertiary/aromatic N) is 1. The van der Waals surface area contributed by atoms with Crippen LogP contribution in [0.1, 0.15) is 380 Å². The fraction of sp³-hybridized carbons (Fsp3) is 0.944. The summed E-state index contributed by atoms with van der Waals surface area (Å²) in [4.78, 5) is 38.0. The highest BCUT2D eigenvalue weighted by Crippen LogP contribution is 2.38. The molecule has 0 heterocycles. The van der Waals surface area contributed by atoms with Crippen molar-refractivity contribution in [2.24, 2.45) is 0 Å². The third-order valence-electron chi connectivity index (χ3n) is 16.5. The highest BCUT2D eigenvalue weighted by molar-refractivity contribution is 7.45. The van der Waals surface area contributed by atoms with Gasteiger partial charge in [-0.2, -0.15) is 0 Å². The summed E-state index contributed by atoms with van der Waals surface area (Å²) in [5, 5.41) is 0. The Balaban J connectivity index is 3.90. The van der Waals surface area contributed by atoms with E-state index in [0.29, 0.717) is 17.4 Å². The van der Waals surface area contributed by atoms with Crippen molar-refractivity contribution >= 4 is 19.8 Å². The predicted molar refractivity (Wildman–Crippen MR) is 347 cm³/mol. The highest BCUT2D eigenvalue weighted by Gasteiger charge is 2.22. The maximum Gasteiger partial charge on any atom is 0.306 e. The Labute approximate surface area is 505 Å². The van der Waals surface area contributed by atoms with Crippen molar-refractivity contribution in [3.8, 4) is 0 Å². The molecule has 2 atom stereocenters. The Hall–Kier alpha value is -1.25. The molecule has 0 aromatic rings. The first-order valence-electron chi connectivity index (χ1n) is 35.9. The van der Waals surface area contributed by atoms with E-state index in [1.165, 1.54) is 315 Å². The van der Waals surface area contributed by atoms with Crippen LogP contribution in [-0.2, 0) is 32.7 Å². The molecule has 0 aromatic heterocycles. The second kappa shape index (κ2) is 63.3. The standard InChI is InChI=1S/C71H140NO8P/c1-6-8-10-12-14-16-18-20-22-24-26-28-29-30-31-32-33-34-35-36-37-38-39-40-41-42-43-44-46-48-50-52-54-56-58-60-62-64-71(74)80-69(68-79-81(75,76)78-66-65-72(3,4)5)67-77-70(73)63-61-59-57-55-53-51-49-47-45-27-25-23-21-19-17-15-13-11-9-7-2/h24,26,69H,6-23,25,27-68H2,1-5H3/b26-24-. The van der Waals surface area contributed by atoms with Gasteiger partial charge in [0.05, 0.1) is 27.7 Å². The molecule has 0 N–H and O–H groups in total. The molecule has 482 valence electrons. The van der Waals surface area contributed by atoms with Crippen LogP contribution in [0, 0.1) is 0 Å². The zero-order chi connectivity index (χ0) is 59.1. The maximum absolute atomic E-state index is 12.9. The summed E-state index contributed by atoms with van der Waals surface area (Å²) < 4.78 is 34.3. The minimum Gasteiger partial charge on any atom is -0.756 e. The number of carbonyl (C=O) groups excluding carboxylic acids is 2. The van der Waals surface area contributed by atoms with Crippen LogP contribution < -0.4 is 4.89 Å². The van der Waals surface area contributed by atoms with Crippen molar-refractivity contribution in [2.75, 3.05) is 47.5 Å². The lowest BCUT2D eigenvalue weighted by molar-refractivity contribution is -0.870. The van der Waals surface area contributed by atoms with Crippen molar-refractivity contribution in [1.29, 1.82) is 0 Å². The molecule has 0 radical (unpaired) electrons. The van der Waals surface area contributed by atoms with E-state index in [-0.39, 0.29) is 32.0 Å². The molecular weight excluding hydrogens is 1030 g/mol. The van der Waals surface area contributed by atoms with E-state index in [9.17, 15) is 19.0 Å². The Bertz CT molecular complexity index is 1370. The molecule has 9 nitrogen and oxygen atoms in total. The number of phosphoric acid groups is 1. The smallest absolute Gasteiger partial charge is 0.306 e. The SMILES string of the molecule is CCCCCCCCCC/C=C\CCCCCCCCCCCCCCCCCCCCCCCCCCCC(=O)OC(COC(=O)CCCCCCCCCCCCCCCCCCCCCC)COP(=O)([O-])OCC[N+](C)(C)C. The van der Waals surface area contributed by atoms with Gasteiger partial charge in [0.25, 0.3) is 7.82 Å². The van der Waals surface area contributed by atoms with Crippen LogP contribution in [0.5, 0.6) is 0 Å². The number of hydrogen-bond acceptors (Lipinski definition) is 8. The van der Waals surface area contributed by atoms with Crippen LogP contribution in [0.25, 0.3) is 0 Å². The average molecular weight is 1170 g/mol. The number of likely N-dealkylation sites (N-methyl/N-ethyl adjacent to an activating group) is 1. The van der Waals surface area contributed by atoms with Gasteiger partial charge in [-0.1, -0.05) is 341 Å². The van der Waals surface area contributed by atoms with Crippen LogP contribution in [0.15, 0.2) is 12.2 Å². The Morgan fingerprint density at radius 3 is 0.914 bits per heavy atom. The van der Waals surface area contributed by atoms with E-state index in [4.69, 9.17) is 18.5 Å². The van der Waals surface area contributed by atoms with Gasteiger partial charge in [-0.15, -0.1) is 0 Å². The molecule has 0 aliphatic heterocycles. The topological polar surface area (TPSA) is 111 Å². The van der Waals surface area contributed by atoms with Gasteiger partial charge in [0.1, 0.15) is 19.8 Å². The van der Waals surface area contributed by atoms with Crippen molar-refractivity contribution in [2.45, 2.75) is 386 Å². The van der Waals surface area contributed by atoms with E-state index >= 15 is 0 Å². The monoisotopic (exact) mass is 1170 g/mol. The largest absolute Gasteiger partial charge is 0.756 e. The highest BCUT2D eigenvalue weighted by atomic mass is 31.2. The number of quaternary nitrogens is 1. The lowest BCUT2D eigenvalue weighted by atomic mass is 10.0. The number of phosphoric ester groups is 1. The zero-order valence-corrected chi connectivity index (χ0v) is 55.9. The number of allylic oxidation sites excluding steroid dienone is 2. The summed E-state index contributed by atoms with van der Waals surface area (Å²) in [6.45, 7) is 4.32. The van der Waals surface area contributed by atoms with Crippen LogP contribution in [0.3, 0.4) is 0 Å². The van der Waals surface area contributed by atoms with Crippen LogP contribution in [0.4, 0.5) is 0 Å². The van der Waals surface area contributed by atoms with Crippen molar-refractivity contribution in [3.05, 3.63) is 12.2 Å². The predicted octanol–water partition coefficient (Wildman–Crippen LogP) is 22.5. The lowest BCUT2D eigenvalue weighted by Crippen LogP contribution is -2.37. The van der Waals surface area contributed by atoms with Crippen molar-refractivity contribution < 1.29 is 42.1 Å². The first kappa shape index (κ1) is 79.8. The Morgan fingerprint density at radius 2 is 0.630 bits per heavy atom. The molecular formula is C71H140NO8P. The van der Waals surface area contributed by atoms with Gasteiger partial charge >= 0.3 is 11.9 Å². The lowest BCUT2D eigenvalue weighted by Gasteiger charge is -2.28. The Kier molecular flexibility index (Phi) is 62.3. The van der Waals surface area contributed by atoms with E-state index < -0.39 is 26.5 Å². The summed E-state index contributed by atoms with van der Waals surface area (Å²) in [6, 6.07) is 0. The molecule has 0 aromatic carbocycles.